The van der Waals surface area contributed by atoms with Gasteiger partial charge in [0.05, 0.1) is 11.0 Å². The summed E-state index contributed by atoms with van der Waals surface area (Å²) in [5.74, 6) is 0. The molecule has 0 aliphatic rings. The molecule has 1 nitrogen and oxygen atoms in total. The summed E-state index contributed by atoms with van der Waals surface area (Å²) in [6.45, 7) is 0. The van der Waals surface area contributed by atoms with Crippen LogP contribution in [0, 0.1) is 0 Å². The second kappa shape index (κ2) is 6.15. The fourth-order valence-corrected chi connectivity index (χ4v) is 3.08. The van der Waals surface area contributed by atoms with Crippen LogP contribution in [-0.2, 0) is 0 Å². The monoisotopic (exact) mass is 406 g/mol. The minimum Gasteiger partial charge on any atom is -0.456 e. The quantitative estimate of drug-likeness (QED) is 0.292. The van der Waals surface area contributed by atoms with E-state index in [1.165, 1.54) is 0 Å². The third-order valence-corrected chi connectivity index (χ3v) is 4.53. The molecule has 4 aromatic carbocycles. The third kappa shape index (κ3) is 2.63. The van der Waals surface area contributed by atoms with Gasteiger partial charge in [0.1, 0.15) is 11.2 Å². The number of fused-ring (bicyclic) bond motifs is 3. The summed E-state index contributed by atoms with van der Waals surface area (Å²) in [7, 11) is 0. The van der Waals surface area contributed by atoms with Crippen LogP contribution in [0.2, 0.25) is 0 Å². The van der Waals surface area contributed by atoms with Crippen LogP contribution >= 0.6 is 15.9 Å². The summed E-state index contributed by atoms with van der Waals surface area (Å²) in [5, 5.41) is 1.79. The molecule has 1 aromatic heterocycles. The van der Waals surface area contributed by atoms with Crippen molar-refractivity contribution in [3.8, 4) is 22.3 Å². The van der Waals surface area contributed by atoms with Gasteiger partial charge < -0.3 is 4.42 Å². The smallest absolute Gasteiger partial charge is 0.136 e. The summed E-state index contributed by atoms with van der Waals surface area (Å²) >= 11 is 3.04. The first kappa shape index (κ1) is 9.20. The van der Waals surface area contributed by atoms with Gasteiger partial charge in [-0.15, -0.1) is 0 Å². The Morgan fingerprint density at radius 1 is 0.615 bits per heavy atom. The molecular formula is C24H15BrO. The van der Waals surface area contributed by atoms with Crippen molar-refractivity contribution in [3.05, 3.63) is 95.3 Å². The van der Waals surface area contributed by atoms with E-state index in [-0.39, 0.29) is 45.3 Å². The molecule has 0 bridgehead atoms. The molecule has 0 N–H and O–H groups in total. The van der Waals surface area contributed by atoms with Gasteiger partial charge in [-0.25, -0.2) is 0 Å². The predicted octanol–water partition coefficient (Wildman–Crippen LogP) is 7.68. The van der Waals surface area contributed by atoms with E-state index >= 15 is 0 Å². The fourth-order valence-electron chi connectivity index (χ4n) is 2.89. The highest BCUT2D eigenvalue weighted by molar-refractivity contribution is 9.10. The fraction of sp³-hybridized carbons (Fsp3) is 0. The Kier molecular flexibility index (Phi) is 2.18. The van der Waals surface area contributed by atoms with Gasteiger partial charge in [-0.3, -0.25) is 0 Å². The zero-order valence-electron chi connectivity index (χ0n) is 21.3. The number of benzene rings is 4. The van der Waals surface area contributed by atoms with Crippen LogP contribution in [0.15, 0.2) is 99.7 Å². The molecule has 26 heavy (non-hydrogen) atoms. The van der Waals surface area contributed by atoms with E-state index in [0.717, 1.165) is 10.8 Å². The molecule has 0 radical (unpaired) electrons. The minimum atomic E-state index is -0.441. The number of furan rings is 1. The lowest BCUT2D eigenvalue weighted by molar-refractivity contribution is 0.669. The average molecular weight is 407 g/mol. The maximum atomic E-state index is 8.62. The van der Waals surface area contributed by atoms with Gasteiger partial charge in [0.15, 0.2) is 0 Å². The molecule has 0 unspecified atom stereocenters. The topological polar surface area (TPSA) is 13.1 Å². The van der Waals surface area contributed by atoms with Crippen molar-refractivity contribution < 1.29 is 15.4 Å². The summed E-state index contributed by atoms with van der Waals surface area (Å²) in [6.07, 6.45) is 0. The van der Waals surface area contributed by atoms with Crippen LogP contribution in [-0.4, -0.2) is 0 Å². The molecule has 0 spiro atoms. The van der Waals surface area contributed by atoms with Crippen LogP contribution in [0.4, 0.5) is 0 Å². The standard InChI is InChI=1S/C24H15BrO/c25-20-12-9-17(10-13-20)16-5-7-18(8-6-16)19-11-14-22-21-3-1-2-4-23(21)26-24(22)15-19/h1-15H/i5D,6D,7D,8D,9D,10D,12D,13D. The Morgan fingerprint density at radius 3 is 1.92 bits per heavy atom. The number of hydrogen-bond acceptors (Lipinski definition) is 1. The van der Waals surface area contributed by atoms with Gasteiger partial charge >= 0.3 is 0 Å². The molecule has 0 amide bonds. The van der Waals surface area contributed by atoms with E-state index in [0.29, 0.717) is 16.7 Å². The first-order valence-corrected chi connectivity index (χ1v) is 8.71. The van der Waals surface area contributed by atoms with Crippen molar-refractivity contribution in [1.29, 1.82) is 0 Å². The van der Waals surface area contributed by atoms with Gasteiger partial charge in [-0.05, 0) is 52.5 Å². The summed E-state index contributed by atoms with van der Waals surface area (Å²) in [5.41, 5.74) is 1.21. The molecule has 0 fully saturated rings. The lowest BCUT2D eigenvalue weighted by atomic mass is 9.99. The highest BCUT2D eigenvalue weighted by atomic mass is 79.9. The maximum Gasteiger partial charge on any atom is 0.136 e. The van der Waals surface area contributed by atoms with E-state index in [9.17, 15) is 0 Å². The second-order valence-corrected chi connectivity index (χ2v) is 6.54. The Bertz CT molecular complexity index is 1600. The van der Waals surface area contributed by atoms with Gasteiger partial charge in [0.25, 0.3) is 0 Å². The van der Waals surface area contributed by atoms with Crippen molar-refractivity contribution in [2.75, 3.05) is 0 Å². The van der Waals surface area contributed by atoms with Crippen molar-refractivity contribution in [2.45, 2.75) is 0 Å². The molecule has 2 heteroatoms. The van der Waals surface area contributed by atoms with Crippen molar-refractivity contribution >= 4 is 37.9 Å². The number of hydrogen-bond donors (Lipinski definition) is 0. The summed E-state index contributed by atoms with van der Waals surface area (Å²) < 4.78 is 73.0. The van der Waals surface area contributed by atoms with E-state index in [4.69, 9.17) is 15.4 Å². The number of halogens is 1. The number of para-hydroxylation sites is 1. The molecule has 124 valence electrons. The summed E-state index contributed by atoms with van der Waals surface area (Å²) in [4.78, 5) is 0. The molecule has 5 rings (SSSR count). The van der Waals surface area contributed by atoms with Gasteiger partial charge in [0.2, 0.25) is 0 Å². The molecule has 5 aromatic rings. The number of rotatable bonds is 2. The first-order valence-electron chi connectivity index (χ1n) is 11.9. The third-order valence-electron chi connectivity index (χ3n) is 4.14. The maximum absolute atomic E-state index is 8.62. The molecule has 0 aliphatic heterocycles. The first-order chi connectivity index (χ1) is 16.1. The van der Waals surface area contributed by atoms with E-state index < -0.39 is 24.2 Å². The van der Waals surface area contributed by atoms with Crippen LogP contribution in [0.5, 0.6) is 0 Å². The van der Waals surface area contributed by atoms with Crippen LogP contribution in [0.25, 0.3) is 44.2 Å². The highest BCUT2D eigenvalue weighted by Crippen LogP contribution is 2.32. The summed E-state index contributed by atoms with van der Waals surface area (Å²) in [6, 6.07) is 9.59. The SMILES string of the molecule is [2H]c1c([2H])c(-c2c([2H])c([2H])c(-c3ccc4c(c3)oc3ccccc34)c([2H])c2[2H])c([2H])c([2H])c1Br. The molecule has 0 saturated heterocycles. The predicted molar refractivity (Wildman–Crippen MR) is 112 cm³/mol. The van der Waals surface area contributed by atoms with Crippen molar-refractivity contribution in [2.24, 2.45) is 0 Å². The molecule has 0 atom stereocenters. The zero-order chi connectivity index (χ0) is 24.5. The van der Waals surface area contributed by atoms with Crippen LogP contribution < -0.4 is 0 Å². The molecule has 1 heterocycles. The van der Waals surface area contributed by atoms with Gasteiger partial charge in [0, 0.05) is 15.2 Å². The van der Waals surface area contributed by atoms with E-state index in [1.807, 2.05) is 30.3 Å². The minimum absolute atomic E-state index is 0.0303. The van der Waals surface area contributed by atoms with Crippen molar-refractivity contribution in [3.63, 3.8) is 0 Å². The normalized spacial score (nSPS) is 15.6. The highest BCUT2D eigenvalue weighted by Gasteiger charge is 2.08. The lowest BCUT2D eigenvalue weighted by Crippen LogP contribution is -1.80. The Balaban J connectivity index is 1.78. The molecule has 0 saturated carbocycles. The van der Waals surface area contributed by atoms with Crippen LogP contribution in [0.3, 0.4) is 0 Å². The molecular weight excluding hydrogens is 384 g/mol. The lowest BCUT2D eigenvalue weighted by Gasteiger charge is -2.05. The Hall–Kier alpha value is -2.84. The van der Waals surface area contributed by atoms with E-state index in [2.05, 4.69) is 15.9 Å². The van der Waals surface area contributed by atoms with Crippen molar-refractivity contribution in [1.82, 2.24) is 0 Å². The zero-order valence-corrected chi connectivity index (χ0v) is 14.9. The Labute approximate surface area is 171 Å². The van der Waals surface area contributed by atoms with E-state index in [1.54, 1.807) is 12.1 Å². The van der Waals surface area contributed by atoms with Gasteiger partial charge in [-0.1, -0.05) is 76.4 Å². The van der Waals surface area contributed by atoms with Crippen LogP contribution in [0.1, 0.15) is 11.0 Å². The Morgan fingerprint density at radius 2 is 1.19 bits per heavy atom. The largest absolute Gasteiger partial charge is 0.456 e. The average Bonchev–Trinajstić information content (AvgIpc) is 3.20. The van der Waals surface area contributed by atoms with Gasteiger partial charge in [-0.2, -0.15) is 0 Å². The second-order valence-electron chi connectivity index (χ2n) is 5.75. The molecule has 0 aliphatic carbocycles.